The molecule has 0 heterocycles. The highest BCUT2D eigenvalue weighted by Gasteiger charge is 2.26. The predicted octanol–water partition coefficient (Wildman–Crippen LogP) is 6.63. The number of aryl methyl sites for hydroxylation is 4. The molecule has 0 amide bonds. The molecule has 0 radical (unpaired) electrons. The molecule has 0 saturated heterocycles. The zero-order chi connectivity index (χ0) is 19.3. The molecule has 0 aromatic heterocycles. The first kappa shape index (κ1) is 18.5. The van der Waals surface area contributed by atoms with E-state index in [4.69, 9.17) is 0 Å². The van der Waals surface area contributed by atoms with Crippen molar-refractivity contribution in [3.8, 4) is 0 Å². The van der Waals surface area contributed by atoms with E-state index in [1.807, 2.05) is 0 Å². The van der Waals surface area contributed by atoms with Crippen LogP contribution in [0, 0.1) is 27.7 Å². The van der Waals surface area contributed by atoms with Crippen molar-refractivity contribution in [3.63, 3.8) is 0 Å². The molecule has 4 rings (SSSR count). The van der Waals surface area contributed by atoms with Crippen molar-refractivity contribution < 1.29 is 0 Å². The number of rotatable bonds is 4. The average Bonchev–Trinajstić information content (AvgIpc) is 3.06. The Hall–Kier alpha value is -1.86. The molecule has 0 bridgehead atoms. The van der Waals surface area contributed by atoms with E-state index >= 15 is 0 Å². The summed E-state index contributed by atoms with van der Waals surface area (Å²) >= 11 is 0. The minimum absolute atomic E-state index is 0.116. The SMILES string of the molecule is CC1=Cc2cc(C)c(C)cc2C1C[SiH2]CC1C(C)=Cc2cc(C)c(C)cc21. The molecular weight excluding hydrogens is 340 g/mol. The van der Waals surface area contributed by atoms with E-state index in [9.17, 15) is 0 Å². The summed E-state index contributed by atoms with van der Waals surface area (Å²) in [6.07, 6.45) is 4.87. The van der Waals surface area contributed by atoms with Gasteiger partial charge in [0.2, 0.25) is 0 Å². The molecule has 2 aliphatic rings. The van der Waals surface area contributed by atoms with Gasteiger partial charge < -0.3 is 0 Å². The van der Waals surface area contributed by atoms with Crippen molar-refractivity contribution in [1.29, 1.82) is 0 Å². The molecule has 0 aliphatic heterocycles. The quantitative estimate of drug-likeness (QED) is 0.529. The molecule has 0 nitrogen and oxygen atoms in total. The Kier molecular flexibility index (Phi) is 4.76. The second kappa shape index (κ2) is 6.94. The Labute approximate surface area is 167 Å². The van der Waals surface area contributed by atoms with Gasteiger partial charge in [0.15, 0.2) is 0 Å². The maximum absolute atomic E-state index is 2.46. The summed E-state index contributed by atoms with van der Waals surface area (Å²) in [5.41, 5.74) is 15.0. The standard InChI is InChI=1S/C26H32Si/c1-15-7-21-9-19(5)25(23(21)11-17(15)3)13-27-14-26-20(6)10-22-8-16(2)18(4)12-24(22)26/h7-12,25-26H,13-14,27H2,1-6H3. The van der Waals surface area contributed by atoms with E-state index in [2.05, 4.69) is 78.0 Å². The number of benzene rings is 2. The van der Waals surface area contributed by atoms with Crippen LogP contribution in [0.4, 0.5) is 0 Å². The summed E-state index contributed by atoms with van der Waals surface area (Å²) < 4.78 is 0. The van der Waals surface area contributed by atoms with Crippen LogP contribution in [0.1, 0.15) is 70.2 Å². The second-order valence-electron chi connectivity index (χ2n) is 8.94. The van der Waals surface area contributed by atoms with E-state index in [0.717, 1.165) is 0 Å². The van der Waals surface area contributed by atoms with Gasteiger partial charge in [0.05, 0.1) is 0 Å². The van der Waals surface area contributed by atoms with E-state index < -0.39 is 0 Å². The van der Waals surface area contributed by atoms with Gasteiger partial charge in [-0.1, -0.05) is 59.7 Å². The second-order valence-corrected chi connectivity index (χ2v) is 10.8. The largest absolute Gasteiger partial charge is 0.0655 e. The van der Waals surface area contributed by atoms with E-state index in [1.54, 1.807) is 22.3 Å². The van der Waals surface area contributed by atoms with Crippen LogP contribution in [0.5, 0.6) is 0 Å². The van der Waals surface area contributed by atoms with Gasteiger partial charge in [0.25, 0.3) is 0 Å². The lowest BCUT2D eigenvalue weighted by molar-refractivity contribution is 0.873. The molecule has 1 heteroatoms. The Morgan fingerprint density at radius 1 is 0.593 bits per heavy atom. The molecule has 0 saturated carbocycles. The van der Waals surface area contributed by atoms with Crippen LogP contribution < -0.4 is 0 Å². The third-order valence-corrected chi connectivity index (χ3v) is 8.97. The Morgan fingerprint density at radius 3 is 1.37 bits per heavy atom. The first-order valence-corrected chi connectivity index (χ1v) is 12.4. The van der Waals surface area contributed by atoms with E-state index in [0.29, 0.717) is 11.8 Å². The maximum atomic E-state index is 2.46. The van der Waals surface area contributed by atoms with Crippen molar-refractivity contribution in [3.05, 3.63) is 79.9 Å². The lowest BCUT2D eigenvalue weighted by Crippen LogP contribution is -2.07. The predicted molar refractivity (Wildman–Crippen MR) is 123 cm³/mol. The molecule has 0 fully saturated rings. The van der Waals surface area contributed by atoms with Crippen LogP contribution in [0.2, 0.25) is 12.1 Å². The lowest BCUT2D eigenvalue weighted by atomic mass is 9.94. The third-order valence-electron chi connectivity index (χ3n) is 7.00. The monoisotopic (exact) mass is 372 g/mol. The summed E-state index contributed by atoms with van der Waals surface area (Å²) in [6, 6.07) is 12.5. The zero-order valence-electron chi connectivity index (χ0n) is 17.7. The highest BCUT2D eigenvalue weighted by molar-refractivity contribution is 6.36. The fraction of sp³-hybridized carbons (Fsp3) is 0.385. The van der Waals surface area contributed by atoms with Gasteiger partial charge in [-0.15, -0.1) is 0 Å². The van der Waals surface area contributed by atoms with Crippen molar-refractivity contribution in [2.45, 2.75) is 65.5 Å². The van der Waals surface area contributed by atoms with Crippen LogP contribution in [0.15, 0.2) is 35.4 Å². The first-order valence-electron chi connectivity index (χ1n) is 10.4. The van der Waals surface area contributed by atoms with Crippen LogP contribution in [-0.4, -0.2) is 9.52 Å². The van der Waals surface area contributed by atoms with Crippen molar-refractivity contribution >= 4 is 21.7 Å². The Balaban J connectivity index is 1.48. The molecule has 0 spiro atoms. The summed E-state index contributed by atoms with van der Waals surface area (Å²) in [7, 11) is -0.116. The Morgan fingerprint density at radius 2 is 0.963 bits per heavy atom. The average molecular weight is 373 g/mol. The molecular formula is C26H32Si. The van der Waals surface area contributed by atoms with Gasteiger partial charge in [0, 0.05) is 21.4 Å². The van der Waals surface area contributed by atoms with Crippen LogP contribution in [-0.2, 0) is 0 Å². The maximum Gasteiger partial charge on any atom is 0.0218 e. The van der Waals surface area contributed by atoms with Gasteiger partial charge in [-0.25, -0.2) is 0 Å². The lowest BCUT2D eigenvalue weighted by Gasteiger charge is -2.19. The molecule has 2 unspecified atom stereocenters. The van der Waals surface area contributed by atoms with Gasteiger partial charge in [-0.05, 0) is 86.1 Å². The molecule has 27 heavy (non-hydrogen) atoms. The molecule has 2 aromatic carbocycles. The summed E-state index contributed by atoms with van der Waals surface area (Å²) in [4.78, 5) is 0. The highest BCUT2D eigenvalue weighted by atomic mass is 28.2. The number of hydrogen-bond donors (Lipinski definition) is 0. The summed E-state index contributed by atoms with van der Waals surface area (Å²) in [6.45, 7) is 13.7. The minimum atomic E-state index is -0.116. The van der Waals surface area contributed by atoms with Crippen molar-refractivity contribution in [1.82, 2.24) is 0 Å². The zero-order valence-corrected chi connectivity index (χ0v) is 19.2. The van der Waals surface area contributed by atoms with E-state index in [1.165, 1.54) is 45.5 Å². The van der Waals surface area contributed by atoms with Crippen LogP contribution >= 0.6 is 0 Å². The van der Waals surface area contributed by atoms with Gasteiger partial charge >= 0.3 is 0 Å². The topological polar surface area (TPSA) is 0 Å². The van der Waals surface area contributed by atoms with Crippen LogP contribution in [0.3, 0.4) is 0 Å². The molecule has 140 valence electrons. The fourth-order valence-electron chi connectivity index (χ4n) is 5.05. The van der Waals surface area contributed by atoms with E-state index in [-0.39, 0.29) is 9.52 Å². The van der Waals surface area contributed by atoms with Crippen molar-refractivity contribution in [2.75, 3.05) is 0 Å². The summed E-state index contributed by atoms with van der Waals surface area (Å²) in [5, 5.41) is 0. The minimum Gasteiger partial charge on any atom is -0.0655 e. The fourth-order valence-corrected chi connectivity index (χ4v) is 7.63. The Bertz CT molecular complexity index is 895. The molecule has 2 aromatic rings. The van der Waals surface area contributed by atoms with Gasteiger partial charge in [-0.2, -0.15) is 0 Å². The van der Waals surface area contributed by atoms with Crippen LogP contribution in [0.25, 0.3) is 12.2 Å². The van der Waals surface area contributed by atoms with Gasteiger partial charge in [0.1, 0.15) is 0 Å². The number of hydrogen-bond acceptors (Lipinski definition) is 0. The molecule has 0 N–H and O–H groups in total. The summed E-state index contributed by atoms with van der Waals surface area (Å²) in [5.74, 6) is 1.35. The highest BCUT2D eigenvalue weighted by Crippen LogP contribution is 2.43. The smallest absolute Gasteiger partial charge is 0.0218 e. The number of allylic oxidation sites excluding steroid dienone is 2. The van der Waals surface area contributed by atoms with Gasteiger partial charge in [-0.3, -0.25) is 0 Å². The first-order chi connectivity index (χ1) is 12.8. The van der Waals surface area contributed by atoms with Crippen molar-refractivity contribution in [2.24, 2.45) is 0 Å². The third kappa shape index (κ3) is 3.27. The normalized spacial score (nSPS) is 20.8. The number of fused-ring (bicyclic) bond motifs is 2. The molecule has 2 aliphatic carbocycles. The molecule has 2 atom stereocenters.